The lowest BCUT2D eigenvalue weighted by Gasteiger charge is -2.22. The van der Waals surface area contributed by atoms with Gasteiger partial charge in [-0.25, -0.2) is 9.37 Å². The molecule has 3 aromatic rings. The first-order chi connectivity index (χ1) is 14.4. The summed E-state index contributed by atoms with van der Waals surface area (Å²) in [4.78, 5) is 35.6. The molecule has 30 heavy (non-hydrogen) atoms. The molecule has 0 bridgehead atoms. The molecule has 0 radical (unpaired) electrons. The molecule has 0 atom stereocenters. The Hall–Kier alpha value is -3.81. The molecule has 2 amide bonds. The minimum absolute atomic E-state index is 0.0817. The molecule has 7 nitrogen and oxygen atoms in total. The maximum Gasteiger partial charge on any atom is 0.316 e. The summed E-state index contributed by atoms with van der Waals surface area (Å²) in [5, 5.41) is 0. The van der Waals surface area contributed by atoms with E-state index < -0.39 is 17.6 Å². The average Bonchev–Trinajstić information content (AvgIpc) is 2.77. The summed E-state index contributed by atoms with van der Waals surface area (Å²) in [5.41, 5.74) is 7.25. The normalized spacial score (nSPS) is 10.5. The van der Waals surface area contributed by atoms with Crippen LogP contribution in [0.3, 0.4) is 0 Å². The molecular formula is C22H22FN5O2. The number of carbonyl (C=O) groups is 2. The van der Waals surface area contributed by atoms with Gasteiger partial charge in [-0.15, -0.1) is 0 Å². The number of rotatable bonds is 7. The zero-order chi connectivity index (χ0) is 21.5. The highest BCUT2D eigenvalue weighted by atomic mass is 19.1. The van der Waals surface area contributed by atoms with Crippen molar-refractivity contribution in [2.24, 2.45) is 5.73 Å². The first kappa shape index (κ1) is 20.9. The minimum Gasteiger partial charge on any atom is -0.361 e. The third kappa shape index (κ3) is 5.38. The predicted molar refractivity (Wildman–Crippen MR) is 112 cm³/mol. The van der Waals surface area contributed by atoms with Gasteiger partial charge in [-0.1, -0.05) is 12.1 Å². The predicted octanol–water partition coefficient (Wildman–Crippen LogP) is 2.31. The molecule has 2 heterocycles. The summed E-state index contributed by atoms with van der Waals surface area (Å²) < 4.78 is 13.2. The average molecular weight is 407 g/mol. The van der Waals surface area contributed by atoms with Gasteiger partial charge in [0.15, 0.2) is 0 Å². The summed E-state index contributed by atoms with van der Waals surface area (Å²) >= 11 is 0. The van der Waals surface area contributed by atoms with E-state index in [1.165, 1.54) is 29.2 Å². The molecule has 0 aliphatic heterocycles. The maximum absolute atomic E-state index is 13.2. The highest BCUT2D eigenvalue weighted by molar-refractivity contribution is 6.39. The molecule has 1 aromatic carbocycles. The Morgan fingerprint density at radius 1 is 1.03 bits per heavy atom. The van der Waals surface area contributed by atoms with E-state index in [4.69, 9.17) is 5.73 Å². The van der Waals surface area contributed by atoms with Gasteiger partial charge in [0.25, 0.3) is 0 Å². The second-order valence-corrected chi connectivity index (χ2v) is 6.75. The molecule has 2 aromatic heterocycles. The van der Waals surface area contributed by atoms with Crippen LogP contribution in [0.25, 0.3) is 0 Å². The van der Waals surface area contributed by atoms with Crippen molar-refractivity contribution in [3.8, 4) is 0 Å². The van der Waals surface area contributed by atoms with Crippen LogP contribution in [-0.4, -0.2) is 35.4 Å². The summed E-state index contributed by atoms with van der Waals surface area (Å²) in [5.74, 6) is -1.63. The fourth-order valence-electron chi connectivity index (χ4n) is 2.90. The lowest BCUT2D eigenvalue weighted by atomic mass is 10.2. The summed E-state index contributed by atoms with van der Waals surface area (Å²) in [6, 6.07) is 14.7. The second kappa shape index (κ2) is 9.60. The van der Waals surface area contributed by atoms with Gasteiger partial charge in [0, 0.05) is 43.8 Å². The van der Waals surface area contributed by atoms with Gasteiger partial charge in [-0.3, -0.25) is 19.5 Å². The second-order valence-electron chi connectivity index (χ2n) is 6.75. The number of likely N-dealkylation sites (N-methyl/N-ethyl adjacent to an activating group) is 1. The molecule has 154 valence electrons. The van der Waals surface area contributed by atoms with E-state index in [0.717, 1.165) is 24.5 Å². The number of hydrogen-bond donors (Lipinski definition) is 1. The first-order valence-corrected chi connectivity index (χ1v) is 9.37. The van der Waals surface area contributed by atoms with E-state index in [0.29, 0.717) is 11.3 Å². The van der Waals surface area contributed by atoms with Gasteiger partial charge in [-0.2, -0.15) is 0 Å². The lowest BCUT2D eigenvalue weighted by Crippen LogP contribution is -2.40. The minimum atomic E-state index is -1.09. The number of hydrogen-bond acceptors (Lipinski definition) is 5. The molecular weight excluding hydrogens is 385 g/mol. The van der Waals surface area contributed by atoms with Crippen molar-refractivity contribution >= 4 is 23.3 Å². The van der Waals surface area contributed by atoms with Crippen LogP contribution in [0.2, 0.25) is 0 Å². The van der Waals surface area contributed by atoms with Gasteiger partial charge in [0.1, 0.15) is 11.6 Å². The molecule has 0 saturated carbocycles. The van der Waals surface area contributed by atoms with E-state index in [2.05, 4.69) is 9.97 Å². The number of carbonyl (C=O) groups excluding carboxylic acids is 2. The Bertz CT molecular complexity index is 994. The number of nitrogens with zero attached hydrogens (tertiary/aromatic N) is 4. The number of amides is 2. The van der Waals surface area contributed by atoms with Crippen LogP contribution in [0.15, 0.2) is 67.0 Å². The number of primary amides is 1. The zero-order valence-corrected chi connectivity index (χ0v) is 16.5. The molecule has 3 rings (SSSR count). The van der Waals surface area contributed by atoms with E-state index in [1.54, 1.807) is 12.4 Å². The number of anilines is 2. The number of benzene rings is 1. The van der Waals surface area contributed by atoms with E-state index in [9.17, 15) is 14.0 Å². The summed E-state index contributed by atoms with van der Waals surface area (Å²) in [6.45, 7) is 0.823. The molecule has 8 heteroatoms. The van der Waals surface area contributed by atoms with Gasteiger partial charge in [0.2, 0.25) is 0 Å². The first-order valence-electron chi connectivity index (χ1n) is 9.37. The van der Waals surface area contributed by atoms with Gasteiger partial charge in [0.05, 0.1) is 6.54 Å². The quantitative estimate of drug-likeness (QED) is 0.607. The molecule has 0 saturated heterocycles. The number of aromatic nitrogens is 2. The molecule has 2 N–H and O–H groups in total. The zero-order valence-electron chi connectivity index (χ0n) is 16.5. The fraction of sp³-hybridized carbons (Fsp3) is 0.182. The number of pyridine rings is 2. The highest BCUT2D eigenvalue weighted by Crippen LogP contribution is 2.19. The van der Waals surface area contributed by atoms with Crippen molar-refractivity contribution in [1.29, 1.82) is 0 Å². The molecule has 0 unspecified atom stereocenters. The van der Waals surface area contributed by atoms with E-state index in [-0.39, 0.29) is 6.54 Å². The largest absolute Gasteiger partial charge is 0.361 e. The van der Waals surface area contributed by atoms with Gasteiger partial charge in [-0.05, 0) is 48.0 Å². The van der Waals surface area contributed by atoms with E-state index >= 15 is 0 Å². The fourth-order valence-corrected chi connectivity index (χ4v) is 2.90. The van der Waals surface area contributed by atoms with Crippen LogP contribution in [0.5, 0.6) is 0 Å². The smallest absolute Gasteiger partial charge is 0.316 e. The highest BCUT2D eigenvalue weighted by Gasteiger charge is 2.21. The van der Waals surface area contributed by atoms with Gasteiger partial charge >= 0.3 is 11.8 Å². The molecule has 0 aliphatic rings. The summed E-state index contributed by atoms with van der Waals surface area (Å²) in [7, 11) is 1.94. The number of halogens is 1. The Balaban J connectivity index is 1.69. The van der Waals surface area contributed by atoms with Crippen LogP contribution in [0, 0.1) is 5.82 Å². The SMILES string of the molecule is CN(CCc1ccccn1)c1ccc(CN(C(=O)C(N)=O)c2ccc(F)cc2)cn1. The van der Waals surface area contributed by atoms with Crippen LogP contribution in [-0.2, 0) is 22.6 Å². The van der Waals surface area contributed by atoms with Crippen LogP contribution >= 0.6 is 0 Å². The van der Waals surface area contributed by atoms with Crippen molar-refractivity contribution < 1.29 is 14.0 Å². The molecule has 0 aliphatic carbocycles. The van der Waals surface area contributed by atoms with Crippen molar-refractivity contribution in [3.63, 3.8) is 0 Å². The summed E-state index contributed by atoms with van der Waals surface area (Å²) in [6.07, 6.45) is 4.19. The topological polar surface area (TPSA) is 92.4 Å². The van der Waals surface area contributed by atoms with Crippen molar-refractivity contribution in [3.05, 3.63) is 84.1 Å². The van der Waals surface area contributed by atoms with Crippen molar-refractivity contribution in [1.82, 2.24) is 9.97 Å². The van der Waals surface area contributed by atoms with Crippen LogP contribution in [0.1, 0.15) is 11.3 Å². The van der Waals surface area contributed by atoms with Gasteiger partial charge < -0.3 is 10.6 Å². The van der Waals surface area contributed by atoms with Crippen LogP contribution < -0.4 is 15.5 Å². The Kier molecular flexibility index (Phi) is 6.69. The third-order valence-corrected chi connectivity index (χ3v) is 4.56. The monoisotopic (exact) mass is 407 g/mol. The van der Waals surface area contributed by atoms with Crippen molar-refractivity contribution in [2.45, 2.75) is 13.0 Å². The molecule has 0 fully saturated rings. The third-order valence-electron chi connectivity index (χ3n) is 4.56. The number of nitrogens with two attached hydrogens (primary N) is 1. The standard InChI is InChI=1S/C22H22FN5O2/c1-27(13-11-18-4-2-3-12-25-18)20-10-5-16(14-26-20)15-28(22(30)21(24)29)19-8-6-17(23)7-9-19/h2-10,12,14H,11,13,15H2,1H3,(H2,24,29). The Morgan fingerprint density at radius 3 is 2.40 bits per heavy atom. The Morgan fingerprint density at radius 2 is 1.80 bits per heavy atom. The van der Waals surface area contributed by atoms with Crippen molar-refractivity contribution in [2.75, 3.05) is 23.4 Å². The maximum atomic E-state index is 13.2. The van der Waals surface area contributed by atoms with E-state index in [1.807, 2.05) is 42.3 Å². The van der Waals surface area contributed by atoms with Crippen LogP contribution in [0.4, 0.5) is 15.9 Å². The lowest BCUT2D eigenvalue weighted by molar-refractivity contribution is -0.135. The molecule has 0 spiro atoms. The Labute approximate surface area is 174 Å².